The molecule has 0 saturated carbocycles. The van der Waals surface area contributed by atoms with E-state index in [1.54, 1.807) is 13.3 Å². The number of nitrogens with zero attached hydrogens (tertiary/aromatic N) is 2. The largest absolute Gasteiger partial charge is 0.381 e. The molecule has 0 aliphatic carbocycles. The summed E-state index contributed by atoms with van der Waals surface area (Å²) in [6.45, 7) is 7.31. The van der Waals surface area contributed by atoms with E-state index < -0.39 is 0 Å². The molecule has 0 atom stereocenters. The van der Waals surface area contributed by atoms with Crippen LogP contribution in [0, 0.1) is 5.92 Å². The zero-order valence-electron chi connectivity index (χ0n) is 12.0. The fourth-order valence-electron chi connectivity index (χ4n) is 1.42. The average molecular weight is 268 g/mol. The summed E-state index contributed by atoms with van der Waals surface area (Å²) >= 11 is 0. The molecule has 0 bridgehead atoms. The van der Waals surface area contributed by atoms with E-state index in [4.69, 9.17) is 9.26 Å². The first-order valence-corrected chi connectivity index (χ1v) is 6.64. The minimum Gasteiger partial charge on any atom is -0.381 e. The molecule has 1 heterocycles. The van der Waals surface area contributed by atoms with E-state index in [0.29, 0.717) is 12.5 Å². The van der Waals surface area contributed by atoms with Crippen LogP contribution in [0.1, 0.15) is 26.0 Å². The number of hydrogen-bond acceptors (Lipinski definition) is 4. The molecule has 0 aromatic carbocycles. The molecule has 108 valence electrons. The molecule has 0 aliphatic heterocycles. The molecule has 2 N–H and O–H groups in total. The highest BCUT2D eigenvalue weighted by atomic mass is 16.5. The van der Waals surface area contributed by atoms with Gasteiger partial charge in [0.05, 0.1) is 6.54 Å². The van der Waals surface area contributed by atoms with Gasteiger partial charge in [-0.05, 0) is 12.3 Å². The number of nitrogens with one attached hydrogen (secondary N) is 2. The number of aromatic nitrogens is 1. The number of aliphatic imine (C=N–C) groups is 1. The third-order valence-corrected chi connectivity index (χ3v) is 2.36. The molecule has 0 spiro atoms. The van der Waals surface area contributed by atoms with Crippen molar-refractivity contribution in [3.63, 3.8) is 0 Å². The molecule has 19 heavy (non-hydrogen) atoms. The molecule has 1 aromatic heterocycles. The minimum absolute atomic E-state index is 0.588. The second kappa shape index (κ2) is 9.38. The molecule has 6 heteroatoms. The van der Waals surface area contributed by atoms with Gasteiger partial charge in [0.25, 0.3) is 0 Å². The fourth-order valence-corrected chi connectivity index (χ4v) is 1.42. The fraction of sp³-hybridized carbons (Fsp3) is 0.692. The highest BCUT2D eigenvalue weighted by Crippen LogP contribution is 1.94. The molecule has 1 rings (SSSR count). The van der Waals surface area contributed by atoms with Gasteiger partial charge in [-0.1, -0.05) is 19.0 Å². The Morgan fingerprint density at radius 2 is 2.32 bits per heavy atom. The first kappa shape index (κ1) is 15.5. The van der Waals surface area contributed by atoms with E-state index in [1.165, 1.54) is 0 Å². The summed E-state index contributed by atoms with van der Waals surface area (Å²) in [5.41, 5.74) is 0.850. The number of hydrogen-bond donors (Lipinski definition) is 2. The van der Waals surface area contributed by atoms with Crippen molar-refractivity contribution in [2.75, 3.05) is 26.8 Å². The molecule has 0 radical (unpaired) electrons. The van der Waals surface area contributed by atoms with Gasteiger partial charge in [0.15, 0.2) is 5.96 Å². The lowest BCUT2D eigenvalue weighted by molar-refractivity contribution is 0.108. The van der Waals surface area contributed by atoms with Gasteiger partial charge in [-0.3, -0.25) is 4.99 Å². The second-order valence-corrected chi connectivity index (χ2v) is 4.67. The summed E-state index contributed by atoms with van der Waals surface area (Å²) in [4.78, 5) is 4.13. The SMILES string of the molecule is CN=C(NCCCOCC(C)C)NCc1ccon1. The Labute approximate surface area is 114 Å². The summed E-state index contributed by atoms with van der Waals surface area (Å²) in [6, 6.07) is 1.82. The van der Waals surface area contributed by atoms with Crippen molar-refractivity contribution >= 4 is 5.96 Å². The highest BCUT2D eigenvalue weighted by Gasteiger charge is 2.00. The maximum atomic E-state index is 5.51. The summed E-state index contributed by atoms with van der Waals surface area (Å²) in [6.07, 6.45) is 2.51. The molecule has 0 fully saturated rings. The van der Waals surface area contributed by atoms with Crippen molar-refractivity contribution in [3.8, 4) is 0 Å². The van der Waals surface area contributed by atoms with Crippen molar-refractivity contribution in [3.05, 3.63) is 18.0 Å². The van der Waals surface area contributed by atoms with Gasteiger partial charge in [0, 0.05) is 32.9 Å². The Morgan fingerprint density at radius 1 is 1.47 bits per heavy atom. The Kier molecular flexibility index (Phi) is 7.65. The van der Waals surface area contributed by atoms with E-state index in [2.05, 4.69) is 34.6 Å². The normalized spacial score (nSPS) is 11.9. The smallest absolute Gasteiger partial charge is 0.191 e. The number of ether oxygens (including phenoxy) is 1. The van der Waals surface area contributed by atoms with Gasteiger partial charge in [0.1, 0.15) is 12.0 Å². The predicted molar refractivity (Wildman–Crippen MR) is 75.0 cm³/mol. The van der Waals surface area contributed by atoms with Crippen LogP contribution in [0.2, 0.25) is 0 Å². The van der Waals surface area contributed by atoms with Crippen LogP contribution in [0.5, 0.6) is 0 Å². The van der Waals surface area contributed by atoms with Crippen molar-refractivity contribution in [2.24, 2.45) is 10.9 Å². The van der Waals surface area contributed by atoms with Gasteiger partial charge in [-0.25, -0.2) is 0 Å². The molecule has 0 saturated heterocycles. The average Bonchev–Trinajstić information content (AvgIpc) is 2.90. The van der Waals surface area contributed by atoms with Crippen LogP contribution in [-0.2, 0) is 11.3 Å². The molecule has 0 unspecified atom stereocenters. The van der Waals surface area contributed by atoms with Crippen LogP contribution < -0.4 is 10.6 Å². The molecule has 0 aliphatic rings. The van der Waals surface area contributed by atoms with Crippen molar-refractivity contribution in [2.45, 2.75) is 26.8 Å². The first-order valence-electron chi connectivity index (χ1n) is 6.64. The summed E-state index contributed by atoms with van der Waals surface area (Å²) in [7, 11) is 1.74. The van der Waals surface area contributed by atoms with Gasteiger partial charge >= 0.3 is 0 Å². The van der Waals surface area contributed by atoms with Crippen molar-refractivity contribution < 1.29 is 9.26 Å². The van der Waals surface area contributed by atoms with Crippen LogP contribution >= 0.6 is 0 Å². The molecule has 0 amide bonds. The molecular formula is C13H24N4O2. The minimum atomic E-state index is 0.588. The zero-order valence-corrected chi connectivity index (χ0v) is 12.0. The van der Waals surface area contributed by atoms with Gasteiger partial charge in [-0.15, -0.1) is 0 Å². The van der Waals surface area contributed by atoms with Gasteiger partial charge < -0.3 is 19.9 Å². The summed E-state index contributed by atoms with van der Waals surface area (Å²) in [5.74, 6) is 1.34. The summed E-state index contributed by atoms with van der Waals surface area (Å²) in [5, 5.41) is 10.2. The van der Waals surface area contributed by atoms with Crippen LogP contribution in [0.3, 0.4) is 0 Å². The quantitative estimate of drug-likeness (QED) is 0.423. The predicted octanol–water partition coefficient (Wildman–Crippen LogP) is 1.40. The third kappa shape index (κ3) is 7.46. The van der Waals surface area contributed by atoms with Crippen LogP contribution in [0.15, 0.2) is 21.8 Å². The van der Waals surface area contributed by atoms with Crippen LogP contribution in [0.4, 0.5) is 0 Å². The topological polar surface area (TPSA) is 71.7 Å². The summed E-state index contributed by atoms with van der Waals surface area (Å²) < 4.78 is 10.3. The van der Waals surface area contributed by atoms with Gasteiger partial charge in [0.2, 0.25) is 0 Å². The monoisotopic (exact) mass is 268 g/mol. The standard InChI is InChI=1S/C13H24N4O2/c1-11(2)10-18-7-4-6-15-13(14-3)16-9-12-5-8-19-17-12/h5,8,11H,4,6-7,9-10H2,1-3H3,(H2,14,15,16). The maximum absolute atomic E-state index is 5.51. The van der Waals surface area contributed by atoms with E-state index in [9.17, 15) is 0 Å². The lowest BCUT2D eigenvalue weighted by Gasteiger charge is -2.11. The van der Waals surface area contributed by atoms with E-state index >= 15 is 0 Å². The molecular weight excluding hydrogens is 244 g/mol. The van der Waals surface area contributed by atoms with Crippen molar-refractivity contribution in [1.82, 2.24) is 15.8 Å². The Hall–Kier alpha value is -1.56. The second-order valence-electron chi connectivity index (χ2n) is 4.67. The molecule has 6 nitrogen and oxygen atoms in total. The van der Waals surface area contributed by atoms with Crippen molar-refractivity contribution in [1.29, 1.82) is 0 Å². The highest BCUT2D eigenvalue weighted by molar-refractivity contribution is 5.79. The lowest BCUT2D eigenvalue weighted by atomic mass is 10.2. The Morgan fingerprint density at radius 3 is 2.95 bits per heavy atom. The van der Waals surface area contributed by atoms with E-state index in [-0.39, 0.29) is 0 Å². The van der Waals surface area contributed by atoms with Crippen LogP contribution in [0.25, 0.3) is 0 Å². The molecule has 1 aromatic rings. The zero-order chi connectivity index (χ0) is 13.9. The number of rotatable bonds is 8. The Bertz CT molecular complexity index is 350. The van der Waals surface area contributed by atoms with Crippen LogP contribution in [-0.4, -0.2) is 37.9 Å². The third-order valence-electron chi connectivity index (χ3n) is 2.36. The lowest BCUT2D eigenvalue weighted by Crippen LogP contribution is -2.37. The Balaban J connectivity index is 2.06. The number of guanidine groups is 1. The van der Waals surface area contributed by atoms with Gasteiger partial charge in [-0.2, -0.15) is 0 Å². The maximum Gasteiger partial charge on any atom is 0.191 e. The van der Waals surface area contributed by atoms with E-state index in [0.717, 1.165) is 37.8 Å². The van der Waals surface area contributed by atoms with E-state index in [1.807, 2.05) is 6.07 Å². The first-order chi connectivity index (χ1) is 9.22.